The first-order chi connectivity index (χ1) is 13.4. The fraction of sp³-hybridized carbons (Fsp3) is 0.0500. The Labute approximate surface area is 163 Å². The van der Waals surface area contributed by atoms with Crippen LogP contribution in [0.4, 0.5) is 24.5 Å². The molecule has 0 amide bonds. The lowest BCUT2D eigenvalue weighted by atomic mass is 10.1. The first-order valence-corrected chi connectivity index (χ1v) is 8.70. The zero-order chi connectivity index (χ0) is 19.7. The van der Waals surface area contributed by atoms with Gasteiger partial charge in [-0.25, -0.2) is 0 Å². The summed E-state index contributed by atoms with van der Waals surface area (Å²) < 4.78 is 38.7. The first kappa shape index (κ1) is 18.1. The molecule has 2 heterocycles. The molecule has 0 aliphatic rings. The van der Waals surface area contributed by atoms with E-state index in [1.54, 1.807) is 18.5 Å². The number of anilines is 2. The van der Waals surface area contributed by atoms with Gasteiger partial charge in [0.15, 0.2) is 5.11 Å². The maximum absolute atomic E-state index is 12.9. The Balaban J connectivity index is 1.65. The van der Waals surface area contributed by atoms with Crippen LogP contribution in [-0.2, 0) is 6.18 Å². The van der Waals surface area contributed by atoms with E-state index < -0.39 is 11.7 Å². The molecule has 2 aromatic heterocycles. The number of aromatic nitrogens is 2. The van der Waals surface area contributed by atoms with Crippen LogP contribution in [0.25, 0.3) is 21.8 Å². The van der Waals surface area contributed by atoms with E-state index >= 15 is 0 Å². The standard InChI is InChI=1S/C20H13F3N4S/c21-20(22,23)13-5-1-6-14(11-13)26-19(28)27-16-10-12-4-2-8-24-17(12)18-15(16)7-3-9-25-18/h1-11H,(H2,26,27,28). The lowest BCUT2D eigenvalue weighted by Gasteiger charge is -2.15. The number of thiocarbonyl (C=S) groups is 1. The van der Waals surface area contributed by atoms with E-state index in [0.29, 0.717) is 11.2 Å². The van der Waals surface area contributed by atoms with E-state index in [9.17, 15) is 13.2 Å². The normalized spacial score (nSPS) is 11.5. The summed E-state index contributed by atoms with van der Waals surface area (Å²) in [5.41, 5.74) is 1.67. The maximum atomic E-state index is 12.9. The summed E-state index contributed by atoms with van der Waals surface area (Å²) in [6.07, 6.45) is -1.04. The van der Waals surface area contributed by atoms with Crippen molar-refractivity contribution in [2.24, 2.45) is 0 Å². The molecular weight excluding hydrogens is 385 g/mol. The van der Waals surface area contributed by atoms with Gasteiger partial charge in [-0.05, 0) is 54.7 Å². The minimum atomic E-state index is -4.42. The second-order valence-electron chi connectivity index (χ2n) is 6.06. The lowest BCUT2D eigenvalue weighted by Crippen LogP contribution is -2.19. The summed E-state index contributed by atoms with van der Waals surface area (Å²) in [7, 11) is 0. The average molecular weight is 398 g/mol. The number of hydrogen-bond acceptors (Lipinski definition) is 3. The number of benzene rings is 2. The Morgan fingerprint density at radius 2 is 1.61 bits per heavy atom. The molecule has 0 radical (unpaired) electrons. The average Bonchev–Trinajstić information content (AvgIpc) is 2.68. The van der Waals surface area contributed by atoms with Gasteiger partial charge >= 0.3 is 6.18 Å². The molecule has 0 saturated heterocycles. The third-order valence-corrected chi connectivity index (χ3v) is 4.36. The van der Waals surface area contributed by atoms with E-state index in [2.05, 4.69) is 20.6 Å². The molecule has 0 unspecified atom stereocenters. The summed E-state index contributed by atoms with van der Waals surface area (Å²) in [5, 5.41) is 7.71. The van der Waals surface area contributed by atoms with Crippen molar-refractivity contribution >= 4 is 50.5 Å². The molecule has 8 heteroatoms. The van der Waals surface area contributed by atoms with Crippen LogP contribution >= 0.6 is 12.2 Å². The van der Waals surface area contributed by atoms with Crippen LogP contribution in [0.5, 0.6) is 0 Å². The second-order valence-corrected chi connectivity index (χ2v) is 6.46. The molecule has 0 spiro atoms. The predicted octanol–water partition coefficient (Wildman–Crippen LogP) is 5.61. The van der Waals surface area contributed by atoms with Crippen molar-refractivity contribution in [2.75, 3.05) is 10.6 Å². The smallest absolute Gasteiger partial charge is 0.332 e. The zero-order valence-corrected chi connectivity index (χ0v) is 15.1. The van der Waals surface area contributed by atoms with E-state index in [4.69, 9.17) is 12.2 Å². The minimum absolute atomic E-state index is 0.174. The molecule has 2 N–H and O–H groups in total. The van der Waals surface area contributed by atoms with Crippen LogP contribution in [0.15, 0.2) is 67.0 Å². The predicted molar refractivity (Wildman–Crippen MR) is 108 cm³/mol. The number of nitrogens with zero attached hydrogens (tertiary/aromatic N) is 2. The van der Waals surface area contributed by atoms with Crippen LogP contribution in [0, 0.1) is 0 Å². The Hall–Kier alpha value is -3.26. The van der Waals surface area contributed by atoms with E-state index in [1.165, 1.54) is 12.1 Å². The summed E-state index contributed by atoms with van der Waals surface area (Å²) in [6.45, 7) is 0. The number of hydrogen-bond donors (Lipinski definition) is 2. The van der Waals surface area contributed by atoms with Gasteiger partial charge < -0.3 is 10.6 Å². The van der Waals surface area contributed by atoms with Crippen LogP contribution in [0.3, 0.4) is 0 Å². The highest BCUT2D eigenvalue weighted by atomic mass is 32.1. The van der Waals surface area contributed by atoms with Gasteiger partial charge in [0, 0.05) is 28.9 Å². The van der Waals surface area contributed by atoms with Crippen molar-refractivity contribution in [1.82, 2.24) is 9.97 Å². The Bertz CT molecular complexity index is 1190. The van der Waals surface area contributed by atoms with Gasteiger partial charge in [-0.3, -0.25) is 9.97 Å². The van der Waals surface area contributed by atoms with Crippen molar-refractivity contribution in [3.63, 3.8) is 0 Å². The highest BCUT2D eigenvalue weighted by molar-refractivity contribution is 7.80. The Morgan fingerprint density at radius 3 is 2.39 bits per heavy atom. The Morgan fingerprint density at radius 1 is 0.857 bits per heavy atom. The number of nitrogens with one attached hydrogen (secondary N) is 2. The summed E-state index contributed by atoms with van der Waals surface area (Å²) in [4.78, 5) is 8.79. The van der Waals surface area contributed by atoms with Crippen LogP contribution in [0.2, 0.25) is 0 Å². The molecule has 4 rings (SSSR count). The monoisotopic (exact) mass is 398 g/mol. The van der Waals surface area contributed by atoms with Crippen LogP contribution in [0.1, 0.15) is 5.56 Å². The third-order valence-electron chi connectivity index (χ3n) is 4.16. The molecule has 2 aromatic carbocycles. The van der Waals surface area contributed by atoms with E-state index in [-0.39, 0.29) is 10.8 Å². The van der Waals surface area contributed by atoms with Gasteiger partial charge in [0.05, 0.1) is 22.3 Å². The van der Waals surface area contributed by atoms with Crippen molar-refractivity contribution in [2.45, 2.75) is 6.18 Å². The number of pyridine rings is 2. The maximum Gasteiger partial charge on any atom is 0.416 e. The fourth-order valence-electron chi connectivity index (χ4n) is 2.94. The molecule has 4 aromatic rings. The number of fused-ring (bicyclic) bond motifs is 3. The van der Waals surface area contributed by atoms with E-state index in [0.717, 1.165) is 28.4 Å². The molecule has 28 heavy (non-hydrogen) atoms. The molecular formula is C20H13F3N4S. The fourth-order valence-corrected chi connectivity index (χ4v) is 3.17. The van der Waals surface area contributed by atoms with Gasteiger partial charge in [0.1, 0.15) is 0 Å². The van der Waals surface area contributed by atoms with Gasteiger partial charge in [-0.2, -0.15) is 13.2 Å². The van der Waals surface area contributed by atoms with Gasteiger partial charge in [0.25, 0.3) is 0 Å². The zero-order valence-electron chi connectivity index (χ0n) is 14.3. The number of rotatable bonds is 2. The van der Waals surface area contributed by atoms with Gasteiger partial charge in [-0.1, -0.05) is 12.1 Å². The van der Waals surface area contributed by atoms with Crippen LogP contribution < -0.4 is 10.6 Å². The molecule has 0 saturated carbocycles. The molecule has 0 atom stereocenters. The van der Waals surface area contributed by atoms with Crippen LogP contribution in [-0.4, -0.2) is 15.1 Å². The number of alkyl halides is 3. The molecule has 0 fully saturated rings. The van der Waals surface area contributed by atoms with Gasteiger partial charge in [-0.15, -0.1) is 0 Å². The third kappa shape index (κ3) is 3.59. The van der Waals surface area contributed by atoms with Crippen molar-refractivity contribution in [1.29, 1.82) is 0 Å². The van der Waals surface area contributed by atoms with Crippen molar-refractivity contribution in [3.8, 4) is 0 Å². The molecule has 140 valence electrons. The summed E-state index contributed by atoms with van der Waals surface area (Å²) in [6, 6.07) is 14.2. The largest absolute Gasteiger partial charge is 0.416 e. The second kappa shape index (κ2) is 7.05. The SMILES string of the molecule is FC(F)(F)c1cccc(NC(=S)Nc2cc3cccnc3c3ncccc23)c1. The molecule has 4 nitrogen and oxygen atoms in total. The highest BCUT2D eigenvalue weighted by Gasteiger charge is 2.30. The minimum Gasteiger partial charge on any atom is -0.332 e. The summed E-state index contributed by atoms with van der Waals surface area (Å²) in [5.74, 6) is 0. The molecule has 0 aliphatic carbocycles. The molecule has 0 aliphatic heterocycles. The van der Waals surface area contributed by atoms with E-state index in [1.807, 2.05) is 24.3 Å². The van der Waals surface area contributed by atoms with Crippen molar-refractivity contribution < 1.29 is 13.2 Å². The topological polar surface area (TPSA) is 49.8 Å². The summed E-state index contributed by atoms with van der Waals surface area (Å²) >= 11 is 5.30. The van der Waals surface area contributed by atoms with Crippen molar-refractivity contribution in [3.05, 3.63) is 72.6 Å². The Kier molecular flexibility index (Phi) is 4.56. The first-order valence-electron chi connectivity index (χ1n) is 8.29. The molecule has 0 bridgehead atoms. The van der Waals surface area contributed by atoms with Gasteiger partial charge in [0.2, 0.25) is 0 Å². The lowest BCUT2D eigenvalue weighted by molar-refractivity contribution is -0.137. The highest BCUT2D eigenvalue weighted by Crippen LogP contribution is 2.31. The quantitative estimate of drug-likeness (QED) is 0.339. The number of halogens is 3.